The van der Waals surface area contributed by atoms with Crippen LogP contribution in [0.1, 0.15) is 40.5 Å². The van der Waals surface area contributed by atoms with E-state index in [1.807, 2.05) is 33.8 Å². The maximum atomic E-state index is 12.0. The highest BCUT2D eigenvalue weighted by atomic mass is 28.4. The van der Waals surface area contributed by atoms with E-state index in [0.29, 0.717) is 25.0 Å². The minimum Gasteiger partial charge on any atom is -0.466 e. The van der Waals surface area contributed by atoms with Crippen LogP contribution in [0.4, 0.5) is 0 Å². The molecular weight excluding hydrogens is 264 g/mol. The SMILES string of the molecule is CCC/C=C(\C(=O)OC)[Si](OCC)(OCC)OCC. The Morgan fingerprint density at radius 1 is 1.00 bits per heavy atom. The van der Waals surface area contributed by atoms with Crippen molar-refractivity contribution in [3.05, 3.63) is 11.3 Å². The maximum absolute atomic E-state index is 12.0. The van der Waals surface area contributed by atoms with Gasteiger partial charge in [0, 0.05) is 19.8 Å². The fourth-order valence-corrected chi connectivity index (χ4v) is 4.26. The lowest BCUT2D eigenvalue weighted by molar-refractivity contribution is -0.136. The first-order valence-corrected chi connectivity index (χ1v) is 8.54. The molecule has 0 heterocycles. The smallest absolute Gasteiger partial charge is 0.466 e. The molecule has 0 aliphatic carbocycles. The summed E-state index contributed by atoms with van der Waals surface area (Å²) in [6.45, 7) is 8.88. The van der Waals surface area contributed by atoms with E-state index in [2.05, 4.69) is 0 Å². The highest BCUT2D eigenvalue weighted by Crippen LogP contribution is 2.22. The molecule has 0 radical (unpaired) electrons. The van der Waals surface area contributed by atoms with Crippen molar-refractivity contribution in [2.75, 3.05) is 26.9 Å². The number of hydrogen-bond acceptors (Lipinski definition) is 5. The molecule has 0 bridgehead atoms. The predicted octanol–water partition coefficient (Wildman–Crippen LogP) is 2.47. The van der Waals surface area contributed by atoms with E-state index in [-0.39, 0.29) is 0 Å². The maximum Gasteiger partial charge on any atom is 0.544 e. The molecule has 6 heteroatoms. The number of carbonyl (C=O) groups is 1. The molecule has 0 unspecified atom stereocenters. The molecule has 5 nitrogen and oxygen atoms in total. The summed E-state index contributed by atoms with van der Waals surface area (Å²) < 4.78 is 22.0. The Kier molecular flexibility index (Phi) is 9.77. The van der Waals surface area contributed by atoms with Crippen molar-refractivity contribution >= 4 is 14.8 Å². The van der Waals surface area contributed by atoms with Crippen LogP contribution in [0.3, 0.4) is 0 Å². The van der Waals surface area contributed by atoms with Crippen molar-refractivity contribution in [2.45, 2.75) is 40.5 Å². The zero-order valence-corrected chi connectivity index (χ0v) is 13.7. The Labute approximate surface area is 117 Å². The van der Waals surface area contributed by atoms with Crippen LogP contribution in [0, 0.1) is 0 Å². The Bertz CT molecular complexity index is 274. The molecule has 0 aromatic rings. The van der Waals surface area contributed by atoms with Gasteiger partial charge in [0.2, 0.25) is 0 Å². The number of carbonyl (C=O) groups excluding carboxylic acids is 1. The molecule has 0 aromatic heterocycles. The van der Waals surface area contributed by atoms with Crippen molar-refractivity contribution in [3.63, 3.8) is 0 Å². The summed E-state index contributed by atoms with van der Waals surface area (Å²) in [6.07, 6.45) is 3.50. The number of rotatable bonds is 10. The number of allylic oxidation sites excluding steroid dienone is 1. The van der Waals surface area contributed by atoms with Crippen LogP contribution < -0.4 is 0 Å². The molecule has 0 spiro atoms. The van der Waals surface area contributed by atoms with Gasteiger partial charge in [0.1, 0.15) is 5.20 Å². The second-order valence-corrected chi connectivity index (χ2v) is 6.27. The topological polar surface area (TPSA) is 54.0 Å². The fraction of sp³-hybridized carbons (Fsp3) is 0.769. The molecule has 0 saturated carbocycles. The van der Waals surface area contributed by atoms with Gasteiger partial charge in [-0.2, -0.15) is 0 Å². The molecule has 0 aliphatic heterocycles. The van der Waals surface area contributed by atoms with Gasteiger partial charge in [-0.05, 0) is 27.2 Å². The van der Waals surface area contributed by atoms with Crippen LogP contribution in [0.5, 0.6) is 0 Å². The van der Waals surface area contributed by atoms with Crippen LogP contribution in [0.2, 0.25) is 0 Å². The minimum absolute atomic E-state index is 0.405. The summed E-state index contributed by atoms with van der Waals surface area (Å²) in [5, 5.41) is 0.405. The Balaban J connectivity index is 5.47. The number of methoxy groups -OCH3 is 1. The molecule has 19 heavy (non-hydrogen) atoms. The van der Waals surface area contributed by atoms with Crippen molar-refractivity contribution < 1.29 is 22.8 Å². The van der Waals surface area contributed by atoms with Crippen LogP contribution in [-0.2, 0) is 22.8 Å². The zero-order valence-electron chi connectivity index (χ0n) is 12.7. The zero-order chi connectivity index (χ0) is 14.7. The monoisotopic (exact) mass is 290 g/mol. The normalized spacial score (nSPS) is 12.6. The van der Waals surface area contributed by atoms with E-state index in [1.54, 1.807) is 0 Å². The first-order valence-electron chi connectivity index (χ1n) is 6.82. The Hall–Kier alpha value is -0.693. The second kappa shape index (κ2) is 10.1. The van der Waals surface area contributed by atoms with E-state index in [9.17, 15) is 4.79 Å². The fourth-order valence-electron chi connectivity index (χ4n) is 1.66. The highest BCUT2D eigenvalue weighted by Gasteiger charge is 2.49. The average Bonchev–Trinajstić information content (AvgIpc) is 2.39. The van der Waals surface area contributed by atoms with Crippen molar-refractivity contribution in [1.82, 2.24) is 0 Å². The summed E-state index contributed by atoms with van der Waals surface area (Å²) in [5.74, 6) is -0.435. The van der Waals surface area contributed by atoms with Gasteiger partial charge in [0.15, 0.2) is 0 Å². The van der Waals surface area contributed by atoms with Gasteiger partial charge in [0.25, 0.3) is 0 Å². The number of ether oxygens (including phenoxy) is 1. The first-order chi connectivity index (χ1) is 9.11. The van der Waals surface area contributed by atoms with Gasteiger partial charge < -0.3 is 18.0 Å². The van der Waals surface area contributed by atoms with Gasteiger partial charge >= 0.3 is 14.8 Å². The second-order valence-electron chi connectivity index (χ2n) is 3.75. The largest absolute Gasteiger partial charge is 0.544 e. The Morgan fingerprint density at radius 3 is 1.79 bits per heavy atom. The standard InChI is InChI=1S/C13H26O5Si/c1-6-10-11-12(13(14)15-5)19(16-7-2,17-8-3)18-9-4/h11H,6-10H2,1-5H3/b12-11+. The average molecular weight is 290 g/mol. The lowest BCUT2D eigenvalue weighted by Crippen LogP contribution is -2.51. The van der Waals surface area contributed by atoms with E-state index < -0.39 is 14.8 Å². The summed E-state index contributed by atoms with van der Waals surface area (Å²) >= 11 is 0. The van der Waals surface area contributed by atoms with Gasteiger partial charge in [-0.15, -0.1) is 0 Å². The quantitative estimate of drug-likeness (QED) is 0.351. The lowest BCUT2D eigenvalue weighted by Gasteiger charge is -2.29. The predicted molar refractivity (Wildman–Crippen MR) is 75.6 cm³/mol. The van der Waals surface area contributed by atoms with Crippen molar-refractivity contribution in [1.29, 1.82) is 0 Å². The van der Waals surface area contributed by atoms with Crippen LogP contribution in [0.25, 0.3) is 0 Å². The molecular formula is C13H26O5Si. The lowest BCUT2D eigenvalue weighted by atomic mass is 10.3. The number of esters is 1. The van der Waals surface area contributed by atoms with Crippen molar-refractivity contribution in [3.8, 4) is 0 Å². The minimum atomic E-state index is -3.16. The Morgan fingerprint density at radius 2 is 1.47 bits per heavy atom. The summed E-state index contributed by atoms with van der Waals surface area (Å²) in [5.41, 5.74) is 0. The van der Waals surface area contributed by atoms with Gasteiger partial charge in [-0.25, -0.2) is 4.79 Å². The number of hydrogen-bond donors (Lipinski definition) is 0. The molecule has 112 valence electrons. The summed E-state index contributed by atoms with van der Waals surface area (Å²) in [7, 11) is -1.81. The highest BCUT2D eigenvalue weighted by molar-refractivity contribution is 6.74. The van der Waals surface area contributed by atoms with Gasteiger partial charge in [0.05, 0.1) is 7.11 Å². The third kappa shape index (κ3) is 5.44. The van der Waals surface area contributed by atoms with E-state index in [0.717, 1.165) is 12.8 Å². The van der Waals surface area contributed by atoms with Gasteiger partial charge in [-0.1, -0.05) is 19.4 Å². The molecule has 0 amide bonds. The molecule has 0 aliphatic rings. The van der Waals surface area contributed by atoms with E-state index >= 15 is 0 Å². The molecule has 0 fully saturated rings. The summed E-state index contributed by atoms with van der Waals surface area (Å²) in [4.78, 5) is 12.0. The van der Waals surface area contributed by atoms with Crippen LogP contribution >= 0.6 is 0 Å². The third-order valence-electron chi connectivity index (χ3n) is 2.38. The van der Waals surface area contributed by atoms with E-state index in [1.165, 1.54) is 7.11 Å². The number of unbranched alkanes of at least 4 members (excludes halogenated alkanes) is 1. The molecule has 0 rings (SSSR count). The molecule has 0 N–H and O–H groups in total. The van der Waals surface area contributed by atoms with Crippen LogP contribution in [-0.4, -0.2) is 41.7 Å². The first kappa shape index (κ1) is 18.3. The molecule has 0 saturated heterocycles. The van der Waals surface area contributed by atoms with E-state index in [4.69, 9.17) is 18.0 Å². The third-order valence-corrected chi connectivity index (χ3v) is 5.45. The molecule has 0 aromatic carbocycles. The van der Waals surface area contributed by atoms with Crippen molar-refractivity contribution in [2.24, 2.45) is 0 Å². The molecule has 0 atom stereocenters. The summed E-state index contributed by atoms with van der Waals surface area (Å²) in [6, 6.07) is 0. The van der Waals surface area contributed by atoms with Crippen LogP contribution in [0.15, 0.2) is 11.3 Å². The van der Waals surface area contributed by atoms with Gasteiger partial charge in [-0.3, -0.25) is 0 Å².